The maximum atomic E-state index is 16.8. The molecule has 0 aliphatic heterocycles. The molecule has 0 amide bonds. The molecule has 0 radical (unpaired) electrons. The van der Waals surface area contributed by atoms with Crippen LogP contribution in [0.1, 0.15) is 0 Å². The van der Waals surface area contributed by atoms with Crippen molar-refractivity contribution in [2.24, 2.45) is 0 Å². The monoisotopic (exact) mass is 436 g/mol. The molecule has 0 aliphatic rings. The van der Waals surface area contributed by atoms with Crippen molar-refractivity contribution in [2.75, 3.05) is 12.3 Å². The van der Waals surface area contributed by atoms with Gasteiger partial charge >= 0.3 is 178 Å². The van der Waals surface area contributed by atoms with E-state index in [1.165, 1.54) is 0 Å². The summed E-state index contributed by atoms with van der Waals surface area (Å²) >= 11 is 0. The molecule has 0 heterocycles. The van der Waals surface area contributed by atoms with E-state index in [-0.39, 0.29) is 16.8 Å². The Morgan fingerprint density at radius 2 is 0.833 bits per heavy atom. The number of hydrogen-bond donors (Lipinski definition) is 0. The summed E-state index contributed by atoms with van der Waals surface area (Å²) in [5.41, 5.74) is 0. The quantitative estimate of drug-likeness (QED) is 0.308. The predicted octanol–water partition coefficient (Wildman–Crippen LogP) is 6.09. The van der Waals surface area contributed by atoms with Gasteiger partial charge in [-0.15, -0.1) is 0 Å². The summed E-state index contributed by atoms with van der Waals surface area (Å²) in [6.45, 7) is 0. The normalized spacial score (nSPS) is 13.0. The van der Waals surface area contributed by atoms with Crippen LogP contribution in [-0.2, 0) is 0 Å². The second kappa shape index (κ2) is 8.76. The molecule has 4 heteroatoms. The second-order valence-electron chi connectivity index (χ2n) is 7.29. The van der Waals surface area contributed by atoms with Gasteiger partial charge in [-0.1, -0.05) is 0 Å². The Kier molecular flexibility index (Phi) is 6.09. The van der Waals surface area contributed by atoms with E-state index in [1.54, 1.807) is 60.7 Å². The molecule has 0 atom stereocenters. The summed E-state index contributed by atoms with van der Waals surface area (Å²) < 4.78 is 33.6. The maximum absolute atomic E-state index is 16.8. The van der Waals surface area contributed by atoms with E-state index in [4.69, 9.17) is 0 Å². The Labute approximate surface area is 178 Å². The Hall–Kier alpha value is -2.40. The van der Waals surface area contributed by atoms with Crippen molar-refractivity contribution in [1.29, 1.82) is 0 Å². The zero-order valence-electron chi connectivity index (χ0n) is 16.6. The predicted molar refractivity (Wildman–Crippen MR) is 130 cm³/mol. The third kappa shape index (κ3) is 4.22. The van der Waals surface area contributed by atoms with Crippen LogP contribution in [0.5, 0.6) is 0 Å². The van der Waals surface area contributed by atoms with Crippen molar-refractivity contribution < 1.29 is 8.39 Å². The van der Waals surface area contributed by atoms with E-state index < -0.39 is 15.1 Å². The number of halogens is 2. The standard InChI is InChI=1S/C26H24F2P2/c27-30(28,25-17-9-3-10-18-25,26-19-11-4-12-20-26)22-21-29(23-13-5-1-6-14-23)24-15-7-2-8-16-24/h1-20H,21-22H2. The van der Waals surface area contributed by atoms with E-state index in [2.05, 4.69) is 24.3 Å². The molecule has 4 aromatic carbocycles. The van der Waals surface area contributed by atoms with Crippen molar-refractivity contribution in [1.82, 2.24) is 0 Å². The molecule has 0 nitrogen and oxygen atoms in total. The van der Waals surface area contributed by atoms with Gasteiger partial charge in [0.1, 0.15) is 0 Å². The van der Waals surface area contributed by atoms with Gasteiger partial charge in [-0.25, -0.2) is 0 Å². The Morgan fingerprint density at radius 1 is 0.500 bits per heavy atom. The molecule has 30 heavy (non-hydrogen) atoms. The number of benzene rings is 4. The van der Waals surface area contributed by atoms with Gasteiger partial charge in [-0.05, 0) is 0 Å². The zero-order chi connectivity index (χ0) is 20.9. The topological polar surface area (TPSA) is 0 Å². The summed E-state index contributed by atoms with van der Waals surface area (Å²) in [5, 5.41) is 2.62. The fourth-order valence-electron chi connectivity index (χ4n) is 3.75. The van der Waals surface area contributed by atoms with E-state index in [1.807, 2.05) is 36.4 Å². The number of hydrogen-bond acceptors (Lipinski definition) is 0. The molecule has 0 saturated heterocycles. The van der Waals surface area contributed by atoms with Gasteiger partial charge in [0.25, 0.3) is 0 Å². The molecule has 0 aromatic heterocycles. The molecule has 0 N–H and O–H groups in total. The summed E-state index contributed by atoms with van der Waals surface area (Å²) in [5.74, 6) is 0. The molecule has 0 unspecified atom stereocenters. The van der Waals surface area contributed by atoms with Crippen LogP contribution in [-0.4, -0.2) is 12.3 Å². The Balaban J connectivity index is 1.76. The summed E-state index contributed by atoms with van der Waals surface area (Å²) in [7, 11) is -6.19. The van der Waals surface area contributed by atoms with E-state index in [0.717, 1.165) is 10.6 Å². The van der Waals surface area contributed by atoms with Crippen molar-refractivity contribution >= 4 is 36.4 Å². The van der Waals surface area contributed by atoms with E-state index in [0.29, 0.717) is 6.16 Å². The minimum atomic E-state index is -5.32. The molecule has 0 spiro atoms. The van der Waals surface area contributed by atoms with E-state index >= 15 is 8.39 Å². The van der Waals surface area contributed by atoms with Crippen molar-refractivity contribution in [3.63, 3.8) is 0 Å². The molecular weight excluding hydrogens is 412 g/mol. The van der Waals surface area contributed by atoms with Gasteiger partial charge in [-0.3, -0.25) is 0 Å². The molecular formula is C26H24F2P2. The van der Waals surface area contributed by atoms with Crippen LogP contribution >= 0.6 is 15.1 Å². The van der Waals surface area contributed by atoms with Crippen LogP contribution in [0.25, 0.3) is 0 Å². The zero-order valence-corrected chi connectivity index (χ0v) is 18.4. The summed E-state index contributed by atoms with van der Waals surface area (Å²) in [6.07, 6.45) is 0.313. The van der Waals surface area contributed by atoms with Crippen LogP contribution in [0, 0.1) is 0 Å². The van der Waals surface area contributed by atoms with Crippen molar-refractivity contribution in [3.05, 3.63) is 121 Å². The second-order valence-corrected chi connectivity index (χ2v) is 13.2. The summed E-state index contributed by atoms with van der Waals surface area (Å²) in [6, 6.07) is 37.0. The molecule has 0 aliphatic carbocycles. The molecule has 4 rings (SSSR count). The SMILES string of the molecule is FP(F)(CCP(c1ccccc1)c1ccccc1)(c1ccccc1)c1ccccc1. The van der Waals surface area contributed by atoms with Crippen molar-refractivity contribution in [3.8, 4) is 0 Å². The molecule has 0 bridgehead atoms. The van der Waals surface area contributed by atoms with Crippen LogP contribution in [0.2, 0.25) is 0 Å². The average Bonchev–Trinajstić information content (AvgIpc) is 2.82. The van der Waals surface area contributed by atoms with Gasteiger partial charge < -0.3 is 0 Å². The average molecular weight is 436 g/mol. The van der Waals surface area contributed by atoms with Gasteiger partial charge in [0.15, 0.2) is 0 Å². The molecule has 4 aromatic rings. The fourth-order valence-corrected chi connectivity index (χ4v) is 10.2. The third-order valence-electron chi connectivity index (χ3n) is 5.38. The van der Waals surface area contributed by atoms with Gasteiger partial charge in [0.05, 0.1) is 0 Å². The first-order valence-corrected chi connectivity index (χ1v) is 13.7. The molecule has 0 saturated carbocycles. The van der Waals surface area contributed by atoms with Crippen LogP contribution < -0.4 is 21.2 Å². The van der Waals surface area contributed by atoms with E-state index in [9.17, 15) is 0 Å². The van der Waals surface area contributed by atoms with Crippen LogP contribution in [0.3, 0.4) is 0 Å². The van der Waals surface area contributed by atoms with Crippen molar-refractivity contribution in [2.45, 2.75) is 0 Å². The van der Waals surface area contributed by atoms with Gasteiger partial charge in [0, 0.05) is 0 Å². The first-order valence-electron chi connectivity index (χ1n) is 10.0. The van der Waals surface area contributed by atoms with Gasteiger partial charge in [0.2, 0.25) is 0 Å². The van der Waals surface area contributed by atoms with Crippen LogP contribution in [0.4, 0.5) is 8.39 Å². The van der Waals surface area contributed by atoms with Gasteiger partial charge in [-0.2, -0.15) is 0 Å². The first kappa shape index (κ1) is 20.9. The molecule has 152 valence electrons. The number of rotatable bonds is 7. The Bertz CT molecular complexity index is 986. The Morgan fingerprint density at radius 3 is 1.20 bits per heavy atom. The third-order valence-corrected chi connectivity index (χ3v) is 11.9. The van der Waals surface area contributed by atoms with Crippen LogP contribution in [0.15, 0.2) is 121 Å². The molecule has 0 fully saturated rings. The first-order chi connectivity index (χ1) is 14.6. The minimum absolute atomic E-state index is 0.130. The summed E-state index contributed by atoms with van der Waals surface area (Å²) in [4.78, 5) is 0. The fraction of sp³-hybridized carbons (Fsp3) is 0.0769.